The van der Waals surface area contributed by atoms with Crippen LogP contribution in [0.15, 0.2) is 12.2 Å². The van der Waals surface area contributed by atoms with Crippen molar-refractivity contribution in [1.82, 2.24) is 0 Å². The second-order valence-electron chi connectivity index (χ2n) is 5.35. The van der Waals surface area contributed by atoms with E-state index in [0.717, 1.165) is 6.42 Å². The van der Waals surface area contributed by atoms with Crippen molar-refractivity contribution in [3.05, 3.63) is 33.3 Å². The third-order valence-electron chi connectivity index (χ3n) is 3.58. The number of ether oxygens (including phenoxy) is 1. The Morgan fingerprint density at radius 1 is 1.17 bits per heavy atom. The number of hydrogen-bond donors (Lipinski definition) is 2. The smallest absolute Gasteiger partial charge is 0.310 e. The molecule has 1 atom stereocenters. The van der Waals surface area contributed by atoms with Crippen molar-refractivity contribution in [3.63, 3.8) is 0 Å². The van der Waals surface area contributed by atoms with Gasteiger partial charge in [-0.3, -0.25) is 9.59 Å². The van der Waals surface area contributed by atoms with E-state index in [1.54, 1.807) is 13.0 Å². The van der Waals surface area contributed by atoms with E-state index in [2.05, 4.69) is 0 Å². The summed E-state index contributed by atoms with van der Waals surface area (Å²) < 4.78 is 5.25. The average Bonchev–Trinajstić information content (AvgIpc) is 2.49. The van der Waals surface area contributed by atoms with Gasteiger partial charge in [-0.25, -0.2) is 0 Å². The molecule has 5 nitrogen and oxygen atoms in total. The maximum absolute atomic E-state index is 12.3. The molecule has 1 aliphatic rings. The first-order chi connectivity index (χ1) is 10.8. The molecule has 1 aliphatic heterocycles. The summed E-state index contributed by atoms with van der Waals surface area (Å²) >= 11 is 11.8. The predicted molar refractivity (Wildman–Crippen MR) is 86.4 cm³/mol. The van der Waals surface area contributed by atoms with Crippen molar-refractivity contribution >= 4 is 35.0 Å². The zero-order valence-electron chi connectivity index (χ0n) is 12.4. The lowest BCUT2D eigenvalue weighted by molar-refractivity contribution is -0.147. The van der Waals surface area contributed by atoms with Gasteiger partial charge in [-0.1, -0.05) is 29.3 Å². The van der Waals surface area contributed by atoms with Crippen LogP contribution in [0.5, 0.6) is 11.5 Å². The van der Waals surface area contributed by atoms with E-state index in [9.17, 15) is 19.8 Å². The fourth-order valence-electron chi connectivity index (χ4n) is 2.41. The lowest BCUT2D eigenvalue weighted by Gasteiger charge is -2.17. The van der Waals surface area contributed by atoms with Crippen LogP contribution in [-0.2, 0) is 16.0 Å². The second kappa shape index (κ2) is 7.23. The lowest BCUT2D eigenvalue weighted by atomic mass is 9.98. The predicted octanol–water partition coefficient (Wildman–Crippen LogP) is 3.80. The number of allylic oxidation sites excluding steroid dienone is 2. The first-order valence-electron chi connectivity index (χ1n) is 7.15. The molecule has 1 aromatic rings. The molecule has 124 valence electrons. The van der Waals surface area contributed by atoms with Crippen LogP contribution in [0.4, 0.5) is 0 Å². The number of rotatable bonds is 0. The van der Waals surface area contributed by atoms with E-state index in [1.807, 2.05) is 0 Å². The molecule has 0 radical (unpaired) electrons. The number of ketones is 1. The minimum absolute atomic E-state index is 0.00140. The van der Waals surface area contributed by atoms with Gasteiger partial charge >= 0.3 is 5.97 Å². The number of benzene rings is 1. The van der Waals surface area contributed by atoms with Crippen LogP contribution >= 0.6 is 23.2 Å². The van der Waals surface area contributed by atoms with Crippen molar-refractivity contribution in [2.24, 2.45) is 0 Å². The molecule has 2 N–H and O–H groups in total. The summed E-state index contributed by atoms with van der Waals surface area (Å²) in [5.74, 6) is -2.31. The van der Waals surface area contributed by atoms with E-state index in [0.29, 0.717) is 12.8 Å². The molecule has 0 bridgehead atoms. The summed E-state index contributed by atoms with van der Waals surface area (Å²) in [6, 6.07) is 0. The summed E-state index contributed by atoms with van der Waals surface area (Å²) in [6.45, 7) is 1.78. The number of halogens is 2. The molecule has 0 aliphatic carbocycles. The van der Waals surface area contributed by atoms with Crippen LogP contribution < -0.4 is 0 Å². The highest BCUT2D eigenvalue weighted by Crippen LogP contribution is 2.44. The highest BCUT2D eigenvalue weighted by Gasteiger charge is 2.27. The number of phenols is 2. The number of cyclic esters (lactones) is 1. The largest absolute Gasteiger partial charge is 0.505 e. The summed E-state index contributed by atoms with van der Waals surface area (Å²) in [5, 5.41) is 19.3. The quantitative estimate of drug-likeness (QED) is 0.689. The van der Waals surface area contributed by atoms with Gasteiger partial charge in [0.2, 0.25) is 0 Å². The Bertz CT molecular complexity index is 682. The number of aromatic hydroxyl groups is 2. The highest BCUT2D eigenvalue weighted by molar-refractivity contribution is 6.39. The fraction of sp³-hybridized carbons (Fsp3) is 0.375. The number of carbonyl (C=O) groups excluding carboxylic acids is 2. The van der Waals surface area contributed by atoms with Gasteiger partial charge in [0.15, 0.2) is 11.5 Å². The van der Waals surface area contributed by atoms with Crippen molar-refractivity contribution in [3.8, 4) is 11.5 Å². The molecule has 0 aromatic heterocycles. The SMILES string of the molecule is C[C@H]1CCC/C=C/C(=O)c2c(O)c(Cl)c(O)c(Cl)c2CC(=O)O1. The van der Waals surface area contributed by atoms with Crippen molar-refractivity contribution < 1.29 is 24.5 Å². The van der Waals surface area contributed by atoms with E-state index in [-0.39, 0.29) is 28.7 Å². The summed E-state index contributed by atoms with van der Waals surface area (Å²) in [6.07, 6.45) is 4.41. The number of fused-ring (bicyclic) bond motifs is 1. The molecular formula is C16H16Cl2O5. The molecule has 2 rings (SSSR count). The van der Waals surface area contributed by atoms with Gasteiger partial charge in [0.1, 0.15) is 10.8 Å². The fourth-order valence-corrected chi connectivity index (χ4v) is 2.90. The van der Waals surface area contributed by atoms with Crippen LogP contribution in [0.3, 0.4) is 0 Å². The highest BCUT2D eigenvalue weighted by atomic mass is 35.5. The molecule has 0 amide bonds. The monoisotopic (exact) mass is 358 g/mol. The van der Waals surface area contributed by atoms with Gasteiger partial charge in [0.05, 0.1) is 23.1 Å². The molecule has 7 heteroatoms. The molecular weight excluding hydrogens is 343 g/mol. The van der Waals surface area contributed by atoms with Gasteiger partial charge in [-0.05, 0) is 32.3 Å². The first kappa shape index (κ1) is 17.6. The van der Waals surface area contributed by atoms with Gasteiger partial charge < -0.3 is 14.9 Å². The van der Waals surface area contributed by atoms with E-state index in [4.69, 9.17) is 27.9 Å². The Morgan fingerprint density at radius 2 is 1.87 bits per heavy atom. The molecule has 1 aromatic carbocycles. The minimum atomic E-state index is -0.601. The Morgan fingerprint density at radius 3 is 2.57 bits per heavy atom. The Hall–Kier alpha value is -1.72. The third kappa shape index (κ3) is 3.79. The van der Waals surface area contributed by atoms with Crippen molar-refractivity contribution in [2.45, 2.75) is 38.7 Å². The van der Waals surface area contributed by atoms with Gasteiger partial charge in [-0.2, -0.15) is 0 Å². The molecule has 0 saturated carbocycles. The maximum atomic E-state index is 12.3. The minimum Gasteiger partial charge on any atom is -0.505 e. The summed E-state index contributed by atoms with van der Waals surface area (Å²) in [5.41, 5.74) is -0.197. The number of esters is 1. The molecule has 0 saturated heterocycles. The topological polar surface area (TPSA) is 83.8 Å². The molecule has 0 spiro atoms. The third-order valence-corrected chi connectivity index (χ3v) is 4.34. The Kier molecular flexibility index (Phi) is 5.55. The van der Waals surface area contributed by atoms with Crippen molar-refractivity contribution in [1.29, 1.82) is 0 Å². The zero-order chi connectivity index (χ0) is 17.1. The van der Waals surface area contributed by atoms with Gasteiger partial charge in [0.25, 0.3) is 0 Å². The van der Waals surface area contributed by atoms with Crippen LogP contribution in [0.1, 0.15) is 42.1 Å². The van der Waals surface area contributed by atoms with E-state index < -0.39 is 28.3 Å². The summed E-state index contributed by atoms with van der Waals surface area (Å²) in [4.78, 5) is 24.4. The number of phenolic OH excluding ortho intramolecular Hbond substituents is 2. The standard InChI is InChI=1S/C16H16Cl2O5/c1-8-5-3-2-4-6-10(19)12-9(7-11(20)23-8)13(17)16(22)14(18)15(12)21/h4,6,8,21-22H,2-3,5,7H2,1H3/b6-4+/t8-/m0/s1. The van der Waals surface area contributed by atoms with Crippen LogP contribution in [-0.4, -0.2) is 28.1 Å². The second-order valence-corrected chi connectivity index (χ2v) is 6.11. The van der Waals surface area contributed by atoms with Gasteiger partial charge in [-0.15, -0.1) is 0 Å². The number of carbonyl (C=O) groups is 2. The molecule has 0 fully saturated rings. The van der Waals surface area contributed by atoms with Crippen molar-refractivity contribution in [2.75, 3.05) is 0 Å². The normalized spacial score (nSPS) is 20.9. The maximum Gasteiger partial charge on any atom is 0.310 e. The van der Waals surface area contributed by atoms with Crippen LogP contribution in [0, 0.1) is 0 Å². The van der Waals surface area contributed by atoms with Crippen LogP contribution in [0.25, 0.3) is 0 Å². The molecule has 0 unspecified atom stereocenters. The Balaban J connectivity index is 2.60. The first-order valence-corrected chi connectivity index (χ1v) is 7.90. The zero-order valence-corrected chi connectivity index (χ0v) is 13.9. The Labute approximate surface area is 143 Å². The summed E-state index contributed by atoms with van der Waals surface area (Å²) in [7, 11) is 0. The lowest BCUT2D eigenvalue weighted by Crippen LogP contribution is -2.18. The molecule has 1 heterocycles. The van der Waals surface area contributed by atoms with Crippen LogP contribution in [0.2, 0.25) is 10.0 Å². The van der Waals surface area contributed by atoms with E-state index in [1.165, 1.54) is 6.08 Å². The van der Waals surface area contributed by atoms with E-state index >= 15 is 0 Å². The average molecular weight is 359 g/mol. The molecule has 23 heavy (non-hydrogen) atoms. The van der Waals surface area contributed by atoms with Gasteiger partial charge in [0, 0.05) is 5.56 Å². The number of hydrogen-bond acceptors (Lipinski definition) is 5.